The lowest BCUT2D eigenvalue weighted by molar-refractivity contribution is 0.627. The average molecular weight is 629 g/mol. The number of thiophene rings is 2. The SMILES string of the molecule is CCCCCCCCSc1cc2ccc3c4ccc5c(ccc6cc(SCCCCCCCC)sc65)c4ccc3c2s1. The largest absolute Gasteiger partial charge is 0.128 e. The van der Waals surface area contributed by atoms with Crippen LogP contribution in [0.25, 0.3) is 52.5 Å². The minimum Gasteiger partial charge on any atom is -0.128 e. The van der Waals surface area contributed by atoms with Crippen LogP contribution in [0.4, 0.5) is 0 Å². The summed E-state index contributed by atoms with van der Waals surface area (Å²) in [4.78, 5) is 0. The average Bonchev–Trinajstić information content (AvgIpc) is 3.63. The molecule has 0 aliphatic carbocycles. The van der Waals surface area contributed by atoms with Crippen molar-refractivity contribution in [3.05, 3.63) is 60.7 Å². The van der Waals surface area contributed by atoms with Crippen molar-refractivity contribution < 1.29 is 0 Å². The van der Waals surface area contributed by atoms with Crippen molar-refractivity contribution in [1.82, 2.24) is 0 Å². The van der Waals surface area contributed by atoms with E-state index in [1.807, 2.05) is 22.7 Å². The van der Waals surface area contributed by atoms with Crippen molar-refractivity contribution >= 4 is 98.7 Å². The second kappa shape index (κ2) is 14.8. The van der Waals surface area contributed by atoms with Gasteiger partial charge in [0.25, 0.3) is 0 Å². The topological polar surface area (TPSA) is 0 Å². The van der Waals surface area contributed by atoms with Gasteiger partial charge in [-0.1, -0.05) is 127 Å². The van der Waals surface area contributed by atoms with Gasteiger partial charge in [0, 0.05) is 20.2 Å². The Bertz CT molecular complexity index is 1640. The summed E-state index contributed by atoms with van der Waals surface area (Å²) >= 11 is 8.09. The summed E-state index contributed by atoms with van der Waals surface area (Å²) in [5.74, 6) is 2.48. The normalized spacial score (nSPS) is 12.1. The molecule has 6 rings (SSSR count). The van der Waals surface area contributed by atoms with Crippen LogP contribution in [0.2, 0.25) is 0 Å². The van der Waals surface area contributed by atoms with Gasteiger partial charge in [-0.05, 0) is 68.8 Å². The standard InChI is InChI=1S/C38H44S4/c1-3-5-7-9-11-13-23-39-35-25-27-15-17-31-29-20-22-34-32(30(29)19-21-33(31)37(27)41-35)18-16-28-26-36(42-38(28)34)40-24-14-12-10-8-6-4-2/h15-22,25-26H,3-14,23-24H2,1-2H3. The van der Waals surface area contributed by atoms with E-state index in [0.29, 0.717) is 0 Å². The van der Waals surface area contributed by atoms with E-state index in [0.717, 1.165) is 0 Å². The van der Waals surface area contributed by atoms with Gasteiger partial charge >= 0.3 is 0 Å². The molecule has 0 amide bonds. The van der Waals surface area contributed by atoms with Crippen molar-refractivity contribution in [2.24, 2.45) is 0 Å². The van der Waals surface area contributed by atoms with Crippen LogP contribution in [0, 0.1) is 0 Å². The molecule has 4 aromatic carbocycles. The number of benzene rings is 4. The molecule has 6 aromatic rings. The molecular formula is C38H44S4. The molecule has 0 nitrogen and oxygen atoms in total. The first-order chi connectivity index (χ1) is 20.8. The molecule has 2 aromatic heterocycles. The van der Waals surface area contributed by atoms with Gasteiger partial charge in [0.2, 0.25) is 0 Å². The van der Waals surface area contributed by atoms with Gasteiger partial charge in [-0.3, -0.25) is 0 Å². The van der Waals surface area contributed by atoms with Crippen LogP contribution >= 0.6 is 46.2 Å². The Balaban J connectivity index is 1.21. The fourth-order valence-electron chi connectivity index (χ4n) is 6.24. The lowest BCUT2D eigenvalue weighted by Gasteiger charge is -2.09. The van der Waals surface area contributed by atoms with Crippen LogP contribution < -0.4 is 0 Å². The molecule has 0 spiro atoms. The summed E-state index contributed by atoms with van der Waals surface area (Å²) < 4.78 is 5.83. The molecule has 0 N–H and O–H groups in total. The molecule has 220 valence electrons. The molecule has 0 unspecified atom stereocenters. The number of rotatable bonds is 16. The fraction of sp³-hybridized carbons (Fsp3) is 0.421. The van der Waals surface area contributed by atoms with Gasteiger partial charge in [-0.25, -0.2) is 0 Å². The Morgan fingerprint density at radius 1 is 0.429 bits per heavy atom. The Morgan fingerprint density at radius 3 is 1.24 bits per heavy atom. The van der Waals surface area contributed by atoms with E-state index in [4.69, 9.17) is 0 Å². The molecule has 0 atom stereocenters. The van der Waals surface area contributed by atoms with Crippen LogP contribution in [0.15, 0.2) is 69.1 Å². The van der Waals surface area contributed by atoms with E-state index in [1.165, 1.54) is 149 Å². The highest BCUT2D eigenvalue weighted by atomic mass is 32.2. The maximum absolute atomic E-state index is 2.42. The zero-order chi connectivity index (χ0) is 28.7. The highest BCUT2D eigenvalue weighted by molar-refractivity contribution is 8.01. The number of thioether (sulfide) groups is 2. The number of hydrogen-bond donors (Lipinski definition) is 0. The monoisotopic (exact) mass is 628 g/mol. The summed E-state index contributed by atoms with van der Waals surface area (Å²) in [6.45, 7) is 4.58. The zero-order valence-electron chi connectivity index (χ0n) is 25.3. The minimum atomic E-state index is 1.24. The Morgan fingerprint density at radius 2 is 0.786 bits per heavy atom. The fourth-order valence-corrected chi connectivity index (χ4v) is 11.1. The second-order valence-corrected chi connectivity index (χ2v) is 16.6. The van der Waals surface area contributed by atoms with Gasteiger partial charge in [0.05, 0.1) is 8.42 Å². The highest BCUT2D eigenvalue weighted by Gasteiger charge is 2.13. The third-order valence-corrected chi connectivity index (χ3v) is 13.5. The zero-order valence-corrected chi connectivity index (χ0v) is 28.6. The van der Waals surface area contributed by atoms with E-state index in [9.17, 15) is 0 Å². The molecular weight excluding hydrogens is 585 g/mol. The number of hydrogen-bond acceptors (Lipinski definition) is 4. The smallest absolute Gasteiger partial charge is 0.0611 e. The second-order valence-electron chi connectivity index (χ2n) is 11.7. The predicted molar refractivity (Wildman–Crippen MR) is 198 cm³/mol. The highest BCUT2D eigenvalue weighted by Crippen LogP contribution is 2.43. The van der Waals surface area contributed by atoms with Gasteiger partial charge < -0.3 is 0 Å². The summed E-state index contributed by atoms with van der Waals surface area (Å²) in [7, 11) is 0. The molecule has 2 heterocycles. The Labute approximate surface area is 268 Å². The van der Waals surface area contributed by atoms with Crippen LogP contribution in [0.5, 0.6) is 0 Å². The minimum absolute atomic E-state index is 1.24. The lowest BCUT2D eigenvalue weighted by Crippen LogP contribution is -1.81. The lowest BCUT2D eigenvalue weighted by atomic mass is 9.96. The molecule has 0 saturated heterocycles. The van der Waals surface area contributed by atoms with Gasteiger partial charge in [0.1, 0.15) is 0 Å². The van der Waals surface area contributed by atoms with E-state index in [1.54, 1.807) is 0 Å². The third-order valence-electron chi connectivity index (χ3n) is 8.59. The molecule has 0 aliphatic heterocycles. The molecule has 0 fully saturated rings. The summed E-state index contributed by atoms with van der Waals surface area (Å²) in [5, 5.41) is 11.1. The summed E-state index contributed by atoms with van der Waals surface area (Å²) in [6, 6.07) is 23.8. The van der Waals surface area contributed by atoms with E-state index >= 15 is 0 Å². The van der Waals surface area contributed by atoms with Gasteiger partial charge in [-0.15, -0.1) is 46.2 Å². The summed E-state index contributed by atoms with van der Waals surface area (Å²) in [6.07, 6.45) is 16.4. The third kappa shape index (κ3) is 6.83. The van der Waals surface area contributed by atoms with Crippen LogP contribution in [-0.4, -0.2) is 11.5 Å². The molecule has 4 heteroatoms. The molecule has 0 aliphatic rings. The molecule has 42 heavy (non-hydrogen) atoms. The first kappa shape index (κ1) is 30.3. The van der Waals surface area contributed by atoms with Gasteiger partial charge in [0.15, 0.2) is 0 Å². The van der Waals surface area contributed by atoms with Crippen LogP contribution in [-0.2, 0) is 0 Å². The Kier molecular flexibility index (Phi) is 10.7. The van der Waals surface area contributed by atoms with Crippen molar-refractivity contribution in [2.45, 2.75) is 99.3 Å². The maximum Gasteiger partial charge on any atom is 0.0611 e. The van der Waals surface area contributed by atoms with Crippen molar-refractivity contribution in [1.29, 1.82) is 0 Å². The van der Waals surface area contributed by atoms with E-state index in [-0.39, 0.29) is 0 Å². The van der Waals surface area contributed by atoms with Crippen molar-refractivity contribution in [3.8, 4) is 0 Å². The molecule has 0 bridgehead atoms. The number of fused-ring (bicyclic) bond motifs is 9. The molecule has 0 saturated carbocycles. The first-order valence-corrected chi connectivity index (χ1v) is 19.9. The number of unbranched alkanes of at least 4 members (excludes halogenated alkanes) is 10. The van der Waals surface area contributed by atoms with E-state index in [2.05, 4.69) is 98.0 Å². The summed E-state index contributed by atoms with van der Waals surface area (Å²) in [5.41, 5.74) is 0. The van der Waals surface area contributed by atoms with Crippen molar-refractivity contribution in [3.63, 3.8) is 0 Å². The predicted octanol–water partition coefficient (Wildman–Crippen LogP) is 14.5. The first-order valence-electron chi connectivity index (χ1n) is 16.3. The van der Waals surface area contributed by atoms with Crippen LogP contribution in [0.3, 0.4) is 0 Å². The maximum atomic E-state index is 2.42. The van der Waals surface area contributed by atoms with E-state index < -0.39 is 0 Å². The van der Waals surface area contributed by atoms with Crippen molar-refractivity contribution in [2.75, 3.05) is 11.5 Å². The molecule has 0 radical (unpaired) electrons. The quantitative estimate of drug-likeness (QED) is 0.0594. The van der Waals surface area contributed by atoms with Gasteiger partial charge in [-0.2, -0.15) is 0 Å². The van der Waals surface area contributed by atoms with Crippen LogP contribution in [0.1, 0.15) is 90.9 Å². The Hall–Kier alpha value is -1.72.